The molecule has 0 saturated carbocycles. The Balaban J connectivity index is 2.93. The minimum Gasteiger partial charge on any atom is -0.383 e. The normalized spacial score (nSPS) is 13.1. The van der Waals surface area contributed by atoms with E-state index in [1.54, 1.807) is 0 Å². The first-order valence-corrected chi connectivity index (χ1v) is 6.88. The highest BCUT2D eigenvalue weighted by atomic mass is 15.1. The predicted molar refractivity (Wildman–Crippen MR) is 77.7 cm³/mol. The maximum atomic E-state index is 5.95. The molecule has 3 N–H and O–H groups in total. The van der Waals surface area contributed by atoms with Gasteiger partial charge in [-0.25, -0.2) is 9.97 Å². The number of nitrogens with two attached hydrogens (primary N) is 1. The summed E-state index contributed by atoms with van der Waals surface area (Å²) in [4.78, 5) is 8.43. The third kappa shape index (κ3) is 3.34. The first kappa shape index (κ1) is 14.7. The molecule has 102 valence electrons. The third-order valence-electron chi connectivity index (χ3n) is 3.61. The van der Waals surface area contributed by atoms with Crippen LogP contribution in [0.5, 0.6) is 0 Å². The number of rotatable bonds is 6. The molecule has 4 nitrogen and oxygen atoms in total. The summed E-state index contributed by atoms with van der Waals surface area (Å²) in [5.41, 5.74) is 6.97. The molecule has 4 heteroatoms. The fourth-order valence-electron chi connectivity index (χ4n) is 2.42. The van der Waals surface area contributed by atoms with E-state index >= 15 is 0 Å². The van der Waals surface area contributed by atoms with Gasteiger partial charge >= 0.3 is 0 Å². The Bertz CT molecular complexity index is 372. The highest BCUT2D eigenvalue weighted by molar-refractivity contribution is 5.57. The van der Waals surface area contributed by atoms with E-state index in [4.69, 9.17) is 5.73 Å². The molecule has 0 aromatic carbocycles. The zero-order valence-electron chi connectivity index (χ0n) is 12.2. The van der Waals surface area contributed by atoms with Crippen molar-refractivity contribution in [2.75, 3.05) is 11.1 Å². The van der Waals surface area contributed by atoms with E-state index in [0.717, 1.165) is 11.4 Å². The summed E-state index contributed by atoms with van der Waals surface area (Å²) >= 11 is 0. The Labute approximate surface area is 110 Å². The highest BCUT2D eigenvalue weighted by Gasteiger charge is 2.18. The Morgan fingerprint density at radius 1 is 1.17 bits per heavy atom. The van der Waals surface area contributed by atoms with E-state index in [-0.39, 0.29) is 0 Å². The van der Waals surface area contributed by atoms with Gasteiger partial charge in [-0.2, -0.15) is 0 Å². The SMILES string of the molecule is CCC(CC)C(C)Nc1ncnc(N)c1C(C)C. The van der Waals surface area contributed by atoms with Gasteiger partial charge in [-0.15, -0.1) is 0 Å². The van der Waals surface area contributed by atoms with Crippen molar-refractivity contribution in [2.24, 2.45) is 5.92 Å². The summed E-state index contributed by atoms with van der Waals surface area (Å²) in [6.07, 6.45) is 3.87. The van der Waals surface area contributed by atoms with Crippen LogP contribution in [-0.4, -0.2) is 16.0 Å². The molecule has 18 heavy (non-hydrogen) atoms. The number of hydrogen-bond donors (Lipinski definition) is 2. The van der Waals surface area contributed by atoms with Crippen molar-refractivity contribution in [3.8, 4) is 0 Å². The van der Waals surface area contributed by atoms with Crippen LogP contribution in [0.3, 0.4) is 0 Å². The van der Waals surface area contributed by atoms with Crippen LogP contribution in [0.2, 0.25) is 0 Å². The number of nitrogens with zero attached hydrogens (tertiary/aromatic N) is 2. The van der Waals surface area contributed by atoms with E-state index in [9.17, 15) is 0 Å². The molecule has 1 rings (SSSR count). The summed E-state index contributed by atoms with van der Waals surface area (Å²) in [5, 5.41) is 3.50. The summed E-state index contributed by atoms with van der Waals surface area (Å²) in [6, 6.07) is 0.395. The third-order valence-corrected chi connectivity index (χ3v) is 3.61. The summed E-state index contributed by atoms with van der Waals surface area (Å²) < 4.78 is 0. The van der Waals surface area contributed by atoms with Gasteiger partial charge in [-0.05, 0) is 18.8 Å². The van der Waals surface area contributed by atoms with Crippen LogP contribution in [0, 0.1) is 5.92 Å². The molecule has 0 aliphatic carbocycles. The molecule has 1 atom stereocenters. The van der Waals surface area contributed by atoms with Gasteiger partial charge in [0.15, 0.2) is 0 Å². The van der Waals surface area contributed by atoms with Crippen molar-refractivity contribution < 1.29 is 0 Å². The van der Waals surface area contributed by atoms with Crippen molar-refractivity contribution in [1.82, 2.24) is 9.97 Å². The molecular formula is C14H26N4. The molecule has 1 heterocycles. The number of nitrogens with one attached hydrogen (secondary N) is 1. The molecule has 0 saturated heterocycles. The largest absolute Gasteiger partial charge is 0.383 e. The van der Waals surface area contributed by atoms with Crippen molar-refractivity contribution in [3.63, 3.8) is 0 Å². The smallest absolute Gasteiger partial charge is 0.135 e. The molecule has 1 aromatic heterocycles. The molecule has 1 aromatic rings. The Kier molecular flexibility index (Phi) is 5.38. The van der Waals surface area contributed by atoms with E-state index in [1.165, 1.54) is 19.2 Å². The van der Waals surface area contributed by atoms with Crippen molar-refractivity contribution in [1.29, 1.82) is 0 Å². The molecule has 0 fully saturated rings. The maximum absolute atomic E-state index is 5.95. The van der Waals surface area contributed by atoms with Gasteiger partial charge in [0, 0.05) is 11.6 Å². The predicted octanol–water partition coefficient (Wildman–Crippen LogP) is 3.42. The maximum Gasteiger partial charge on any atom is 0.135 e. The van der Waals surface area contributed by atoms with Gasteiger partial charge in [0.2, 0.25) is 0 Å². The summed E-state index contributed by atoms with van der Waals surface area (Å²) in [5.74, 6) is 2.44. The average Bonchev–Trinajstić information content (AvgIpc) is 2.30. The van der Waals surface area contributed by atoms with Crippen LogP contribution in [-0.2, 0) is 0 Å². The van der Waals surface area contributed by atoms with E-state index in [0.29, 0.717) is 23.7 Å². The molecule has 0 aliphatic heterocycles. The molecule has 0 bridgehead atoms. The van der Waals surface area contributed by atoms with E-state index < -0.39 is 0 Å². The second-order valence-electron chi connectivity index (χ2n) is 5.19. The quantitative estimate of drug-likeness (QED) is 0.812. The van der Waals surface area contributed by atoms with Crippen molar-refractivity contribution >= 4 is 11.6 Å². The summed E-state index contributed by atoms with van der Waals surface area (Å²) in [6.45, 7) is 10.9. The lowest BCUT2D eigenvalue weighted by Gasteiger charge is -2.25. The molecule has 1 unspecified atom stereocenters. The van der Waals surface area contributed by atoms with Crippen LogP contribution in [0.25, 0.3) is 0 Å². The number of nitrogen functional groups attached to an aromatic ring is 1. The Morgan fingerprint density at radius 2 is 1.78 bits per heavy atom. The van der Waals surface area contributed by atoms with Gasteiger partial charge in [-0.1, -0.05) is 40.5 Å². The first-order chi connectivity index (χ1) is 8.51. The van der Waals surface area contributed by atoms with Crippen LogP contribution in [0.15, 0.2) is 6.33 Å². The van der Waals surface area contributed by atoms with Gasteiger partial charge in [-0.3, -0.25) is 0 Å². The second-order valence-corrected chi connectivity index (χ2v) is 5.19. The standard InChI is InChI=1S/C14H26N4/c1-6-11(7-2)10(5)18-14-12(9(3)4)13(15)16-8-17-14/h8-11H,6-7H2,1-5H3,(H3,15,16,17,18). The monoisotopic (exact) mass is 250 g/mol. The molecule has 0 aliphatic rings. The van der Waals surface area contributed by atoms with Gasteiger partial charge < -0.3 is 11.1 Å². The van der Waals surface area contributed by atoms with Gasteiger partial charge in [0.1, 0.15) is 18.0 Å². The van der Waals surface area contributed by atoms with Crippen LogP contribution >= 0.6 is 0 Å². The second kappa shape index (κ2) is 6.57. The fraction of sp³-hybridized carbons (Fsp3) is 0.714. The minimum atomic E-state index is 0.322. The van der Waals surface area contributed by atoms with Crippen LogP contribution in [0.1, 0.15) is 58.9 Å². The molecule has 0 spiro atoms. The van der Waals surface area contributed by atoms with E-state index in [2.05, 4.69) is 49.9 Å². The lowest BCUT2D eigenvalue weighted by molar-refractivity contribution is 0.436. The topological polar surface area (TPSA) is 63.8 Å². The number of aromatic nitrogens is 2. The zero-order chi connectivity index (χ0) is 13.7. The minimum absolute atomic E-state index is 0.322. The first-order valence-electron chi connectivity index (χ1n) is 6.88. The van der Waals surface area contributed by atoms with Crippen molar-refractivity contribution in [3.05, 3.63) is 11.9 Å². The van der Waals surface area contributed by atoms with Gasteiger partial charge in [0.25, 0.3) is 0 Å². The highest BCUT2D eigenvalue weighted by Crippen LogP contribution is 2.28. The fourth-order valence-corrected chi connectivity index (χ4v) is 2.42. The lowest BCUT2D eigenvalue weighted by Crippen LogP contribution is -2.26. The molecular weight excluding hydrogens is 224 g/mol. The average molecular weight is 250 g/mol. The molecule has 0 radical (unpaired) electrons. The zero-order valence-corrected chi connectivity index (χ0v) is 12.2. The molecule has 0 amide bonds. The van der Waals surface area contributed by atoms with E-state index in [1.807, 2.05) is 0 Å². The van der Waals surface area contributed by atoms with Crippen LogP contribution in [0.4, 0.5) is 11.6 Å². The van der Waals surface area contributed by atoms with Crippen molar-refractivity contribution in [2.45, 2.75) is 59.4 Å². The Morgan fingerprint density at radius 3 is 2.28 bits per heavy atom. The van der Waals surface area contributed by atoms with Gasteiger partial charge in [0.05, 0.1) is 0 Å². The lowest BCUT2D eigenvalue weighted by atomic mass is 9.95. The number of anilines is 2. The Hall–Kier alpha value is -1.32. The van der Waals surface area contributed by atoms with Crippen LogP contribution < -0.4 is 11.1 Å². The number of hydrogen-bond acceptors (Lipinski definition) is 4. The summed E-state index contributed by atoms with van der Waals surface area (Å²) in [7, 11) is 0.